The fraction of sp³-hybridized carbons (Fsp3) is 0.714. The van der Waals surface area contributed by atoms with E-state index in [0.29, 0.717) is 6.04 Å². The number of unbranched alkanes of at least 4 members (excludes halogenated alkanes) is 1. The highest BCUT2D eigenvalue weighted by atomic mass is 32.1. The van der Waals surface area contributed by atoms with Crippen LogP contribution in [0.15, 0.2) is 6.07 Å². The summed E-state index contributed by atoms with van der Waals surface area (Å²) >= 11 is 1.90. The van der Waals surface area contributed by atoms with Crippen molar-refractivity contribution in [2.75, 3.05) is 27.2 Å². The van der Waals surface area contributed by atoms with Crippen LogP contribution in [0.5, 0.6) is 0 Å². The smallest absolute Gasteiger partial charge is 0.0302 e. The molecule has 0 amide bonds. The number of thiophene rings is 1. The van der Waals surface area contributed by atoms with Crippen LogP contribution < -0.4 is 5.32 Å². The molecule has 1 unspecified atom stereocenters. The van der Waals surface area contributed by atoms with E-state index in [1.807, 2.05) is 11.3 Å². The Balaban J connectivity index is 2.25. The lowest BCUT2D eigenvalue weighted by Gasteiger charge is -2.14. The predicted octanol–water partition coefficient (Wildman–Crippen LogP) is 3.36. The number of nitrogens with one attached hydrogen (secondary N) is 1. The van der Waals surface area contributed by atoms with Gasteiger partial charge in [0.2, 0.25) is 0 Å². The number of hydrogen-bond donors (Lipinski definition) is 1. The van der Waals surface area contributed by atoms with Crippen LogP contribution in [0.4, 0.5) is 0 Å². The van der Waals surface area contributed by atoms with Gasteiger partial charge in [0, 0.05) is 15.8 Å². The van der Waals surface area contributed by atoms with Gasteiger partial charge < -0.3 is 10.2 Å². The Hall–Kier alpha value is -0.380. The molecule has 0 saturated carbocycles. The normalized spacial score (nSPS) is 13.3. The second-order valence-corrected chi connectivity index (χ2v) is 6.52. The third-order valence-electron chi connectivity index (χ3n) is 3.03. The largest absolute Gasteiger partial charge is 0.310 e. The van der Waals surface area contributed by atoms with Crippen molar-refractivity contribution >= 4 is 11.3 Å². The summed E-state index contributed by atoms with van der Waals surface area (Å²) in [5.41, 5.74) is 1.47. The Morgan fingerprint density at radius 1 is 1.29 bits per heavy atom. The molecule has 1 N–H and O–H groups in total. The zero-order chi connectivity index (χ0) is 12.8. The Kier molecular flexibility index (Phi) is 6.17. The summed E-state index contributed by atoms with van der Waals surface area (Å²) in [6, 6.07) is 2.80. The molecule has 0 fully saturated rings. The summed E-state index contributed by atoms with van der Waals surface area (Å²) in [5, 5.41) is 3.61. The minimum atomic E-state index is 0.485. The Morgan fingerprint density at radius 3 is 2.53 bits per heavy atom. The van der Waals surface area contributed by atoms with Gasteiger partial charge in [0.05, 0.1) is 0 Å². The van der Waals surface area contributed by atoms with E-state index in [-0.39, 0.29) is 0 Å². The number of aryl methyl sites for hydroxylation is 2. The molecule has 0 aliphatic rings. The van der Waals surface area contributed by atoms with Crippen LogP contribution in [0.2, 0.25) is 0 Å². The zero-order valence-electron chi connectivity index (χ0n) is 11.8. The van der Waals surface area contributed by atoms with Gasteiger partial charge in [-0.3, -0.25) is 0 Å². The molecule has 0 bridgehead atoms. The molecule has 1 atom stereocenters. The maximum absolute atomic E-state index is 3.61. The minimum Gasteiger partial charge on any atom is -0.310 e. The Morgan fingerprint density at radius 2 is 2.00 bits per heavy atom. The summed E-state index contributed by atoms with van der Waals surface area (Å²) in [7, 11) is 4.26. The highest BCUT2D eigenvalue weighted by Crippen LogP contribution is 2.25. The van der Waals surface area contributed by atoms with Crippen molar-refractivity contribution < 1.29 is 0 Å². The van der Waals surface area contributed by atoms with Crippen LogP contribution in [0.3, 0.4) is 0 Å². The molecule has 1 rings (SSSR count). The van der Waals surface area contributed by atoms with E-state index >= 15 is 0 Å². The Bertz CT molecular complexity index is 331. The maximum atomic E-state index is 3.61. The second kappa shape index (κ2) is 7.14. The first-order chi connectivity index (χ1) is 8.00. The van der Waals surface area contributed by atoms with E-state index in [1.54, 1.807) is 0 Å². The van der Waals surface area contributed by atoms with Crippen LogP contribution in [-0.2, 0) is 0 Å². The fourth-order valence-electron chi connectivity index (χ4n) is 2.06. The van der Waals surface area contributed by atoms with Crippen LogP contribution in [-0.4, -0.2) is 32.1 Å². The van der Waals surface area contributed by atoms with Gasteiger partial charge in [-0.2, -0.15) is 0 Å². The molecule has 0 saturated heterocycles. The lowest BCUT2D eigenvalue weighted by atomic mass is 10.1. The van der Waals surface area contributed by atoms with Crippen LogP contribution in [0.25, 0.3) is 0 Å². The Labute approximate surface area is 110 Å². The fourth-order valence-corrected chi connectivity index (χ4v) is 3.08. The number of rotatable bonds is 7. The van der Waals surface area contributed by atoms with Crippen LogP contribution in [0, 0.1) is 13.8 Å². The van der Waals surface area contributed by atoms with E-state index in [1.165, 1.54) is 34.7 Å². The van der Waals surface area contributed by atoms with Gasteiger partial charge in [-0.1, -0.05) is 0 Å². The van der Waals surface area contributed by atoms with Gasteiger partial charge in [0.15, 0.2) is 0 Å². The van der Waals surface area contributed by atoms with Gasteiger partial charge in [-0.25, -0.2) is 0 Å². The molecule has 0 aromatic carbocycles. The summed E-state index contributed by atoms with van der Waals surface area (Å²) in [6.45, 7) is 8.97. The molecule has 1 aromatic rings. The first-order valence-corrected chi connectivity index (χ1v) is 7.27. The molecule has 1 aromatic heterocycles. The van der Waals surface area contributed by atoms with E-state index in [9.17, 15) is 0 Å². The molecular formula is C14H26N2S. The molecule has 0 radical (unpaired) electrons. The van der Waals surface area contributed by atoms with Crippen molar-refractivity contribution in [2.45, 2.75) is 39.7 Å². The quantitative estimate of drug-likeness (QED) is 0.751. The molecule has 3 heteroatoms. The molecule has 2 nitrogen and oxygen atoms in total. The standard InChI is InChI=1S/C14H26N2S/c1-11-10-14(13(3)17-11)12(2)15-8-6-7-9-16(4)5/h10,12,15H,6-9H2,1-5H3. The van der Waals surface area contributed by atoms with E-state index in [2.05, 4.69) is 51.1 Å². The monoisotopic (exact) mass is 254 g/mol. The first kappa shape index (κ1) is 14.7. The lowest BCUT2D eigenvalue weighted by Crippen LogP contribution is -2.21. The van der Waals surface area contributed by atoms with Gasteiger partial charge in [-0.15, -0.1) is 11.3 Å². The highest BCUT2D eigenvalue weighted by Gasteiger charge is 2.09. The van der Waals surface area contributed by atoms with E-state index < -0.39 is 0 Å². The average molecular weight is 254 g/mol. The van der Waals surface area contributed by atoms with Crippen molar-refractivity contribution in [2.24, 2.45) is 0 Å². The molecule has 0 aliphatic heterocycles. The summed E-state index contributed by atoms with van der Waals surface area (Å²) < 4.78 is 0. The number of hydrogen-bond acceptors (Lipinski definition) is 3. The van der Waals surface area contributed by atoms with Crippen molar-refractivity contribution in [3.63, 3.8) is 0 Å². The first-order valence-electron chi connectivity index (χ1n) is 6.45. The molecule has 17 heavy (non-hydrogen) atoms. The van der Waals surface area contributed by atoms with Crippen molar-refractivity contribution in [1.82, 2.24) is 10.2 Å². The second-order valence-electron chi connectivity index (χ2n) is 5.05. The third kappa shape index (κ3) is 5.19. The minimum absolute atomic E-state index is 0.485. The zero-order valence-corrected chi connectivity index (χ0v) is 12.7. The van der Waals surface area contributed by atoms with Crippen LogP contribution in [0.1, 0.15) is 41.1 Å². The summed E-state index contributed by atoms with van der Waals surface area (Å²) in [5.74, 6) is 0. The third-order valence-corrected chi connectivity index (χ3v) is 4.01. The summed E-state index contributed by atoms with van der Waals surface area (Å²) in [4.78, 5) is 5.12. The topological polar surface area (TPSA) is 15.3 Å². The van der Waals surface area contributed by atoms with Crippen molar-refractivity contribution in [3.8, 4) is 0 Å². The molecule has 98 valence electrons. The van der Waals surface area contributed by atoms with Gasteiger partial charge in [0.25, 0.3) is 0 Å². The average Bonchev–Trinajstić information content (AvgIpc) is 2.56. The van der Waals surface area contributed by atoms with E-state index in [0.717, 1.165) is 6.54 Å². The van der Waals surface area contributed by atoms with Crippen molar-refractivity contribution in [3.05, 3.63) is 21.4 Å². The van der Waals surface area contributed by atoms with Gasteiger partial charge in [0.1, 0.15) is 0 Å². The molecular weight excluding hydrogens is 228 g/mol. The van der Waals surface area contributed by atoms with Crippen molar-refractivity contribution in [1.29, 1.82) is 0 Å². The lowest BCUT2D eigenvalue weighted by molar-refractivity contribution is 0.389. The molecule has 0 aliphatic carbocycles. The summed E-state index contributed by atoms with van der Waals surface area (Å²) in [6.07, 6.45) is 2.53. The number of nitrogens with zero attached hydrogens (tertiary/aromatic N) is 1. The molecule has 0 spiro atoms. The highest BCUT2D eigenvalue weighted by molar-refractivity contribution is 7.12. The van der Waals surface area contributed by atoms with Crippen LogP contribution >= 0.6 is 11.3 Å². The predicted molar refractivity (Wildman–Crippen MR) is 78.0 cm³/mol. The molecule has 1 heterocycles. The van der Waals surface area contributed by atoms with E-state index in [4.69, 9.17) is 0 Å². The van der Waals surface area contributed by atoms with Gasteiger partial charge in [-0.05, 0) is 72.4 Å². The SMILES string of the molecule is Cc1cc(C(C)NCCCCN(C)C)c(C)s1. The maximum Gasteiger partial charge on any atom is 0.0302 e. The van der Waals surface area contributed by atoms with Gasteiger partial charge >= 0.3 is 0 Å².